The summed E-state index contributed by atoms with van der Waals surface area (Å²) >= 11 is 0. The lowest BCUT2D eigenvalue weighted by atomic mass is 10.2. The molecule has 0 spiro atoms. The topological polar surface area (TPSA) is 93.1 Å². The fraction of sp³-hybridized carbons (Fsp3) is 0.412. The molecule has 1 heterocycles. The lowest BCUT2D eigenvalue weighted by Crippen LogP contribution is -2.31. The zero-order valence-electron chi connectivity index (χ0n) is 15.5. The van der Waals surface area contributed by atoms with Crippen molar-refractivity contribution in [2.45, 2.75) is 31.5 Å². The van der Waals surface area contributed by atoms with Crippen molar-refractivity contribution in [3.8, 4) is 0 Å². The van der Waals surface area contributed by atoms with E-state index in [4.69, 9.17) is 0 Å². The van der Waals surface area contributed by atoms with Crippen molar-refractivity contribution in [2.75, 3.05) is 13.6 Å². The third kappa shape index (κ3) is 5.32. The molecule has 2 aromatic rings. The molecule has 0 saturated heterocycles. The van der Waals surface area contributed by atoms with E-state index in [0.29, 0.717) is 5.56 Å². The average molecular weight is 418 g/mol. The summed E-state index contributed by atoms with van der Waals surface area (Å²) in [6.07, 6.45) is -4.53. The molecule has 1 amide bonds. The van der Waals surface area contributed by atoms with Gasteiger partial charge in [0.15, 0.2) is 0 Å². The molecule has 0 aliphatic heterocycles. The van der Waals surface area contributed by atoms with Crippen LogP contribution in [-0.2, 0) is 22.7 Å². The van der Waals surface area contributed by atoms with Gasteiger partial charge < -0.3 is 5.32 Å². The van der Waals surface area contributed by atoms with Gasteiger partial charge in [-0.3, -0.25) is 9.48 Å². The maximum atomic E-state index is 13.0. The molecule has 2 N–H and O–H groups in total. The quantitative estimate of drug-likeness (QED) is 0.721. The van der Waals surface area contributed by atoms with Gasteiger partial charge >= 0.3 is 6.18 Å². The molecule has 1 aromatic heterocycles. The molecule has 0 bridgehead atoms. The lowest BCUT2D eigenvalue weighted by Gasteiger charge is -2.16. The number of nitrogens with zero attached hydrogens (tertiary/aromatic N) is 2. The first-order chi connectivity index (χ1) is 12.9. The molecule has 154 valence electrons. The van der Waals surface area contributed by atoms with Gasteiger partial charge in [-0.1, -0.05) is 6.92 Å². The number of aromatic nitrogens is 2. The van der Waals surface area contributed by atoms with Crippen molar-refractivity contribution < 1.29 is 26.4 Å². The second kappa shape index (κ2) is 8.31. The second-order valence-electron chi connectivity index (χ2n) is 6.41. The molecular weight excluding hydrogens is 397 g/mol. The fourth-order valence-corrected chi connectivity index (χ4v) is 3.70. The van der Waals surface area contributed by atoms with Crippen LogP contribution in [0.4, 0.5) is 13.2 Å². The van der Waals surface area contributed by atoms with E-state index in [9.17, 15) is 26.4 Å². The van der Waals surface area contributed by atoms with Crippen LogP contribution in [0.5, 0.6) is 0 Å². The van der Waals surface area contributed by atoms with E-state index in [1.54, 1.807) is 6.92 Å². The van der Waals surface area contributed by atoms with Gasteiger partial charge in [0.25, 0.3) is 5.91 Å². The number of benzene rings is 1. The summed E-state index contributed by atoms with van der Waals surface area (Å²) in [5.74, 6) is -0.791. The van der Waals surface area contributed by atoms with Crippen LogP contribution in [-0.4, -0.2) is 37.7 Å². The highest BCUT2D eigenvalue weighted by molar-refractivity contribution is 7.89. The van der Waals surface area contributed by atoms with Crippen LogP contribution >= 0.6 is 0 Å². The normalized spacial score (nSPS) is 13.4. The van der Waals surface area contributed by atoms with Gasteiger partial charge in [0.05, 0.1) is 10.6 Å². The molecule has 0 radical (unpaired) electrons. The van der Waals surface area contributed by atoms with Crippen LogP contribution in [0, 0.1) is 12.8 Å². The predicted molar refractivity (Wildman–Crippen MR) is 96.2 cm³/mol. The molecule has 0 saturated carbocycles. The number of halogens is 3. The third-order valence-electron chi connectivity index (χ3n) is 3.95. The van der Waals surface area contributed by atoms with Crippen LogP contribution in [0.1, 0.15) is 28.7 Å². The summed E-state index contributed by atoms with van der Waals surface area (Å²) in [6.45, 7) is 2.91. The molecular formula is C17H21F3N4O3S. The Morgan fingerprint density at radius 1 is 1.25 bits per heavy atom. The summed E-state index contributed by atoms with van der Waals surface area (Å²) < 4.78 is 67.0. The van der Waals surface area contributed by atoms with Gasteiger partial charge in [-0.2, -0.15) is 18.3 Å². The number of aryl methyl sites for hydroxylation is 1. The third-order valence-corrected chi connectivity index (χ3v) is 5.39. The first-order valence-electron chi connectivity index (χ1n) is 8.37. The van der Waals surface area contributed by atoms with Crippen LogP contribution in [0.2, 0.25) is 0 Å². The standard InChI is InChI=1S/C17H21F3N4O3S/c1-11(10-24-15(17(18,19)20)8-12(2)23-24)9-22-28(26,27)14-6-4-13(5-7-14)16(25)21-3/h4-8,11,22H,9-10H2,1-3H3,(H,21,25). The highest BCUT2D eigenvalue weighted by atomic mass is 32.2. The first-order valence-corrected chi connectivity index (χ1v) is 9.86. The number of hydrogen-bond donors (Lipinski definition) is 2. The lowest BCUT2D eigenvalue weighted by molar-refractivity contribution is -0.144. The molecule has 1 unspecified atom stereocenters. The first kappa shape index (κ1) is 21.9. The number of carbonyl (C=O) groups is 1. The number of rotatable bonds is 7. The van der Waals surface area contributed by atoms with E-state index in [2.05, 4.69) is 15.1 Å². The zero-order chi connectivity index (χ0) is 21.1. The second-order valence-corrected chi connectivity index (χ2v) is 8.18. The largest absolute Gasteiger partial charge is 0.433 e. The molecule has 0 fully saturated rings. The van der Waals surface area contributed by atoms with E-state index in [1.165, 1.54) is 38.2 Å². The van der Waals surface area contributed by atoms with Crippen molar-refractivity contribution >= 4 is 15.9 Å². The molecule has 2 rings (SSSR count). The Morgan fingerprint density at radius 2 is 1.86 bits per heavy atom. The minimum atomic E-state index is -4.53. The Morgan fingerprint density at radius 3 is 2.39 bits per heavy atom. The Balaban J connectivity index is 2.04. The number of hydrogen-bond acceptors (Lipinski definition) is 4. The van der Waals surface area contributed by atoms with Crippen LogP contribution in [0.25, 0.3) is 0 Å². The van der Waals surface area contributed by atoms with Gasteiger partial charge in [0, 0.05) is 25.7 Å². The Bertz CT molecular complexity index is 938. The summed E-state index contributed by atoms with van der Waals surface area (Å²) in [5, 5.41) is 6.26. The molecule has 28 heavy (non-hydrogen) atoms. The van der Waals surface area contributed by atoms with Crippen LogP contribution in [0.3, 0.4) is 0 Å². The molecule has 1 atom stereocenters. The number of nitrogens with one attached hydrogen (secondary N) is 2. The van der Waals surface area contributed by atoms with Crippen molar-refractivity contribution in [3.05, 3.63) is 47.3 Å². The Labute approximate surface area is 161 Å². The van der Waals surface area contributed by atoms with Gasteiger partial charge in [-0.25, -0.2) is 13.1 Å². The number of alkyl halides is 3. The monoisotopic (exact) mass is 418 g/mol. The maximum Gasteiger partial charge on any atom is 0.433 e. The highest BCUT2D eigenvalue weighted by Crippen LogP contribution is 2.30. The van der Waals surface area contributed by atoms with E-state index in [0.717, 1.165) is 10.7 Å². The number of sulfonamides is 1. The van der Waals surface area contributed by atoms with Gasteiger partial charge in [0.2, 0.25) is 10.0 Å². The summed E-state index contributed by atoms with van der Waals surface area (Å²) in [6, 6.07) is 6.27. The molecule has 7 nitrogen and oxygen atoms in total. The predicted octanol–water partition coefficient (Wildman–Crippen LogP) is 2.18. The van der Waals surface area contributed by atoms with Gasteiger partial charge in [-0.15, -0.1) is 0 Å². The van der Waals surface area contributed by atoms with E-state index in [-0.39, 0.29) is 29.6 Å². The van der Waals surface area contributed by atoms with Crippen molar-refractivity contribution in [3.63, 3.8) is 0 Å². The van der Waals surface area contributed by atoms with Crippen molar-refractivity contribution in [2.24, 2.45) is 5.92 Å². The van der Waals surface area contributed by atoms with E-state index >= 15 is 0 Å². The molecule has 0 aliphatic rings. The smallest absolute Gasteiger partial charge is 0.355 e. The summed E-state index contributed by atoms with van der Waals surface area (Å²) in [7, 11) is -2.40. The molecule has 1 aromatic carbocycles. The van der Waals surface area contributed by atoms with Gasteiger partial charge in [-0.05, 0) is 43.2 Å². The summed E-state index contributed by atoms with van der Waals surface area (Å²) in [4.78, 5) is 11.5. The molecule has 11 heteroatoms. The van der Waals surface area contributed by atoms with Crippen LogP contribution < -0.4 is 10.0 Å². The van der Waals surface area contributed by atoms with Crippen molar-refractivity contribution in [1.82, 2.24) is 19.8 Å². The van der Waals surface area contributed by atoms with E-state index < -0.39 is 27.8 Å². The minimum absolute atomic E-state index is 0.0433. The molecule has 0 aliphatic carbocycles. The SMILES string of the molecule is CNC(=O)c1ccc(S(=O)(=O)NCC(C)Cn2nc(C)cc2C(F)(F)F)cc1. The number of carbonyl (C=O) groups excluding carboxylic acids is 1. The van der Waals surface area contributed by atoms with Crippen LogP contribution in [0.15, 0.2) is 35.2 Å². The Kier molecular flexibility index (Phi) is 6.50. The Hall–Kier alpha value is -2.40. The number of amides is 1. The van der Waals surface area contributed by atoms with E-state index in [1.807, 2.05) is 0 Å². The average Bonchev–Trinajstić information content (AvgIpc) is 3.00. The maximum absolute atomic E-state index is 13.0. The van der Waals surface area contributed by atoms with Crippen molar-refractivity contribution in [1.29, 1.82) is 0 Å². The minimum Gasteiger partial charge on any atom is -0.355 e. The van der Waals surface area contributed by atoms with Gasteiger partial charge in [0.1, 0.15) is 5.69 Å². The summed E-state index contributed by atoms with van der Waals surface area (Å²) in [5.41, 5.74) is -0.329. The fourth-order valence-electron chi connectivity index (χ4n) is 2.54. The zero-order valence-corrected chi connectivity index (χ0v) is 16.4. The highest BCUT2D eigenvalue weighted by Gasteiger charge is 2.35.